The number of nitrogens with zero attached hydrogens (tertiary/aromatic N) is 1. The maximum absolute atomic E-state index is 12.2. The molecule has 1 heterocycles. The number of hydrogen-bond acceptors (Lipinski definition) is 1. The van der Waals surface area contributed by atoms with Crippen LogP contribution in [0.1, 0.15) is 44.9 Å². The second-order valence-electron chi connectivity index (χ2n) is 4.86. The van der Waals surface area contributed by atoms with Crippen LogP contribution in [0.2, 0.25) is 0 Å². The number of likely N-dealkylation sites (tertiary alicyclic amines) is 1. The van der Waals surface area contributed by atoms with E-state index in [1.54, 1.807) is 0 Å². The second kappa shape index (κ2) is 5.20. The number of rotatable bonds is 1. The average molecular weight is 230 g/mol. The second-order valence-corrected chi connectivity index (χ2v) is 5.48. The van der Waals surface area contributed by atoms with Crippen LogP contribution in [0.4, 0.5) is 0 Å². The summed E-state index contributed by atoms with van der Waals surface area (Å²) in [6.07, 6.45) is 8.11. The van der Waals surface area contributed by atoms with Crippen molar-refractivity contribution in [1.29, 1.82) is 0 Å². The Morgan fingerprint density at radius 1 is 1.07 bits per heavy atom. The Morgan fingerprint density at radius 3 is 2.47 bits per heavy atom. The normalized spacial score (nSPS) is 29.1. The minimum Gasteiger partial charge on any atom is -0.341 e. The van der Waals surface area contributed by atoms with Crippen LogP contribution in [-0.2, 0) is 4.79 Å². The van der Waals surface area contributed by atoms with Crippen LogP contribution in [-0.4, -0.2) is 29.3 Å². The van der Waals surface area contributed by atoms with Gasteiger partial charge in [0.15, 0.2) is 0 Å². The monoisotopic (exact) mass is 229 g/mol. The molecule has 0 radical (unpaired) electrons. The lowest BCUT2D eigenvalue weighted by atomic mass is 9.88. The van der Waals surface area contributed by atoms with Gasteiger partial charge in [0.25, 0.3) is 0 Å². The van der Waals surface area contributed by atoms with E-state index in [9.17, 15) is 4.79 Å². The molecule has 1 saturated heterocycles. The zero-order valence-corrected chi connectivity index (χ0v) is 10.0. The third-order valence-electron chi connectivity index (χ3n) is 3.63. The molecule has 2 rings (SSSR count). The van der Waals surface area contributed by atoms with Crippen LogP contribution < -0.4 is 0 Å². The van der Waals surface area contributed by atoms with Crippen molar-refractivity contribution in [2.24, 2.45) is 5.92 Å². The van der Waals surface area contributed by atoms with Crippen molar-refractivity contribution in [3.05, 3.63) is 0 Å². The van der Waals surface area contributed by atoms with Crippen LogP contribution in [0.5, 0.6) is 0 Å². The van der Waals surface area contributed by atoms with Crippen LogP contribution in [0.25, 0.3) is 0 Å². The predicted molar refractivity (Wildman–Crippen MR) is 62.0 cm³/mol. The lowest BCUT2D eigenvalue weighted by Crippen LogP contribution is -2.43. The fraction of sp³-hybridized carbons (Fsp3) is 0.917. The summed E-state index contributed by atoms with van der Waals surface area (Å²) in [5.41, 5.74) is 0. The van der Waals surface area contributed by atoms with Crippen molar-refractivity contribution in [1.82, 2.24) is 4.90 Å². The fourth-order valence-electron chi connectivity index (χ4n) is 2.73. The van der Waals surface area contributed by atoms with Gasteiger partial charge in [-0.15, -0.1) is 11.6 Å². The van der Waals surface area contributed by atoms with Gasteiger partial charge in [0.05, 0.1) is 5.38 Å². The molecular formula is C12H20ClNO. The Morgan fingerprint density at radius 2 is 1.80 bits per heavy atom. The molecular weight excluding hydrogens is 210 g/mol. The molecule has 0 N–H and O–H groups in total. The standard InChI is InChI=1S/C12H20ClNO/c13-11-7-4-8-14(9-11)12(15)10-5-2-1-3-6-10/h10-11H,1-9H2. The number of carbonyl (C=O) groups is 1. The van der Waals surface area contributed by atoms with E-state index < -0.39 is 0 Å². The summed E-state index contributed by atoms with van der Waals surface area (Å²) < 4.78 is 0. The summed E-state index contributed by atoms with van der Waals surface area (Å²) in [4.78, 5) is 14.2. The first kappa shape index (κ1) is 11.3. The number of alkyl halides is 1. The SMILES string of the molecule is O=C(C1CCCCC1)N1CCCC(Cl)C1. The van der Waals surface area contributed by atoms with Gasteiger partial charge in [0, 0.05) is 19.0 Å². The van der Waals surface area contributed by atoms with Gasteiger partial charge >= 0.3 is 0 Å². The summed E-state index contributed by atoms with van der Waals surface area (Å²) in [5.74, 6) is 0.681. The van der Waals surface area contributed by atoms with Crippen molar-refractivity contribution in [2.75, 3.05) is 13.1 Å². The first-order valence-electron chi connectivity index (χ1n) is 6.20. The van der Waals surface area contributed by atoms with Crippen LogP contribution in [0, 0.1) is 5.92 Å². The van der Waals surface area contributed by atoms with E-state index in [1.165, 1.54) is 19.3 Å². The lowest BCUT2D eigenvalue weighted by Gasteiger charge is -2.33. The van der Waals surface area contributed by atoms with Gasteiger partial charge in [-0.3, -0.25) is 4.79 Å². The first-order chi connectivity index (χ1) is 7.27. The molecule has 86 valence electrons. The maximum Gasteiger partial charge on any atom is 0.225 e. The molecule has 0 bridgehead atoms. The van der Waals surface area contributed by atoms with Crippen LogP contribution in [0.3, 0.4) is 0 Å². The Balaban J connectivity index is 1.88. The molecule has 2 aliphatic rings. The van der Waals surface area contributed by atoms with Gasteiger partial charge in [-0.1, -0.05) is 19.3 Å². The smallest absolute Gasteiger partial charge is 0.225 e. The molecule has 1 aliphatic heterocycles. The highest BCUT2D eigenvalue weighted by Crippen LogP contribution is 2.27. The van der Waals surface area contributed by atoms with Crippen molar-refractivity contribution in [3.8, 4) is 0 Å². The van der Waals surface area contributed by atoms with E-state index in [1.807, 2.05) is 4.90 Å². The molecule has 0 aromatic rings. The Bertz CT molecular complexity index is 226. The zero-order valence-electron chi connectivity index (χ0n) is 9.25. The molecule has 1 aliphatic carbocycles. The third-order valence-corrected chi connectivity index (χ3v) is 3.99. The molecule has 0 spiro atoms. The molecule has 2 fully saturated rings. The summed E-state index contributed by atoms with van der Waals surface area (Å²) in [5, 5.41) is 0.186. The molecule has 3 heteroatoms. The maximum atomic E-state index is 12.2. The van der Waals surface area contributed by atoms with Gasteiger partial charge in [0.2, 0.25) is 5.91 Å². The number of hydrogen-bond donors (Lipinski definition) is 0. The lowest BCUT2D eigenvalue weighted by molar-refractivity contribution is -0.137. The predicted octanol–water partition coefficient (Wildman–Crippen LogP) is 2.80. The Kier molecular flexibility index (Phi) is 3.90. The topological polar surface area (TPSA) is 20.3 Å². The molecule has 15 heavy (non-hydrogen) atoms. The van der Waals surface area contributed by atoms with Gasteiger partial charge in [0.1, 0.15) is 0 Å². The largest absolute Gasteiger partial charge is 0.341 e. The van der Waals surface area contributed by atoms with E-state index in [2.05, 4.69) is 0 Å². The molecule has 1 atom stereocenters. The van der Waals surface area contributed by atoms with Crippen molar-refractivity contribution < 1.29 is 4.79 Å². The summed E-state index contributed by atoms with van der Waals surface area (Å²) in [6.45, 7) is 1.70. The number of halogens is 1. The quantitative estimate of drug-likeness (QED) is 0.634. The number of piperidine rings is 1. The molecule has 0 aromatic heterocycles. The fourth-order valence-corrected chi connectivity index (χ4v) is 3.05. The minimum absolute atomic E-state index is 0.186. The molecule has 1 unspecified atom stereocenters. The zero-order chi connectivity index (χ0) is 10.7. The first-order valence-corrected chi connectivity index (χ1v) is 6.64. The van der Waals surface area contributed by atoms with Gasteiger partial charge < -0.3 is 4.90 Å². The van der Waals surface area contributed by atoms with E-state index >= 15 is 0 Å². The Hall–Kier alpha value is -0.240. The highest BCUT2D eigenvalue weighted by atomic mass is 35.5. The highest BCUT2D eigenvalue weighted by Gasteiger charge is 2.28. The van der Waals surface area contributed by atoms with E-state index in [0.717, 1.165) is 38.8 Å². The number of carbonyl (C=O) groups excluding carboxylic acids is 1. The van der Waals surface area contributed by atoms with Crippen molar-refractivity contribution in [2.45, 2.75) is 50.3 Å². The third kappa shape index (κ3) is 2.87. The Labute approximate surface area is 97.0 Å². The molecule has 0 aromatic carbocycles. The minimum atomic E-state index is 0.186. The summed E-state index contributed by atoms with van der Waals surface area (Å²) in [6, 6.07) is 0. The van der Waals surface area contributed by atoms with Crippen LogP contribution in [0.15, 0.2) is 0 Å². The van der Waals surface area contributed by atoms with Crippen molar-refractivity contribution in [3.63, 3.8) is 0 Å². The summed E-state index contributed by atoms with van der Waals surface area (Å²) >= 11 is 6.10. The van der Waals surface area contributed by atoms with Crippen LogP contribution >= 0.6 is 11.6 Å². The van der Waals surface area contributed by atoms with E-state index in [0.29, 0.717) is 11.8 Å². The highest BCUT2D eigenvalue weighted by molar-refractivity contribution is 6.20. The van der Waals surface area contributed by atoms with E-state index in [-0.39, 0.29) is 5.38 Å². The van der Waals surface area contributed by atoms with Crippen molar-refractivity contribution >= 4 is 17.5 Å². The number of amides is 1. The van der Waals surface area contributed by atoms with Gasteiger partial charge in [-0.05, 0) is 25.7 Å². The molecule has 1 amide bonds. The summed E-state index contributed by atoms with van der Waals surface area (Å²) in [7, 11) is 0. The molecule has 2 nitrogen and oxygen atoms in total. The van der Waals surface area contributed by atoms with Gasteiger partial charge in [-0.2, -0.15) is 0 Å². The molecule has 1 saturated carbocycles. The average Bonchev–Trinajstić information content (AvgIpc) is 2.29. The van der Waals surface area contributed by atoms with Gasteiger partial charge in [-0.25, -0.2) is 0 Å². The van der Waals surface area contributed by atoms with E-state index in [4.69, 9.17) is 11.6 Å².